The molecule has 0 amide bonds. The predicted octanol–water partition coefficient (Wildman–Crippen LogP) is 3.37. The lowest BCUT2D eigenvalue weighted by molar-refractivity contribution is 0.416. The predicted molar refractivity (Wildman–Crippen MR) is 95.0 cm³/mol. The van der Waals surface area contributed by atoms with Crippen LogP contribution in [0, 0.1) is 0 Å². The molecule has 7 heteroatoms. The molecule has 0 atom stereocenters. The molecule has 0 spiro atoms. The molecule has 6 nitrogen and oxygen atoms in total. The molecule has 4 aromatic rings. The Morgan fingerprint density at radius 1 is 1.21 bits per heavy atom. The van der Waals surface area contributed by atoms with Gasteiger partial charge in [0, 0.05) is 30.4 Å². The van der Waals surface area contributed by atoms with E-state index >= 15 is 0 Å². The topological polar surface area (TPSA) is 57.2 Å². The molecule has 0 N–H and O–H groups in total. The van der Waals surface area contributed by atoms with Gasteiger partial charge in [-0.15, -0.1) is 5.10 Å². The van der Waals surface area contributed by atoms with Crippen LogP contribution in [0.1, 0.15) is 11.6 Å². The van der Waals surface area contributed by atoms with Gasteiger partial charge in [0.2, 0.25) is 0 Å². The van der Waals surface area contributed by atoms with Crippen LogP contribution < -0.4 is 4.74 Å². The first-order valence-electron chi connectivity index (χ1n) is 7.38. The molecule has 0 aliphatic rings. The van der Waals surface area contributed by atoms with E-state index in [9.17, 15) is 0 Å². The van der Waals surface area contributed by atoms with Crippen LogP contribution in [0.2, 0.25) is 0 Å². The van der Waals surface area contributed by atoms with E-state index < -0.39 is 0 Å². The average Bonchev–Trinajstić information content (AvgIpc) is 3.31. The Balaban J connectivity index is 1.66. The minimum atomic E-state index is 0.611. The number of hydrogen-bond donors (Lipinski definition) is 0. The van der Waals surface area contributed by atoms with E-state index in [-0.39, 0.29) is 0 Å². The minimum absolute atomic E-state index is 0.611. The van der Waals surface area contributed by atoms with E-state index in [4.69, 9.17) is 4.74 Å². The number of fused-ring (bicyclic) bond motifs is 1. The molecule has 0 radical (unpaired) electrons. The maximum absolute atomic E-state index is 5.30. The zero-order valence-corrected chi connectivity index (χ0v) is 14.1. The molecule has 0 bridgehead atoms. The lowest BCUT2D eigenvalue weighted by atomic mass is 10.3. The number of thiophene rings is 1. The fourth-order valence-corrected chi connectivity index (χ4v) is 3.11. The summed E-state index contributed by atoms with van der Waals surface area (Å²) in [7, 11) is 3.60. The number of ether oxygens (including phenoxy) is 1. The highest BCUT2D eigenvalue weighted by Gasteiger charge is 2.08. The Labute approximate surface area is 142 Å². The highest BCUT2D eigenvalue weighted by molar-refractivity contribution is 7.08. The first-order valence-corrected chi connectivity index (χ1v) is 8.32. The molecule has 0 unspecified atom stereocenters. The Kier molecular flexibility index (Phi) is 3.62. The van der Waals surface area contributed by atoms with Crippen molar-refractivity contribution in [1.82, 2.24) is 24.1 Å². The molecule has 4 heterocycles. The maximum atomic E-state index is 5.30. The monoisotopic (exact) mass is 337 g/mol. The van der Waals surface area contributed by atoms with E-state index in [1.54, 1.807) is 23.0 Å². The van der Waals surface area contributed by atoms with Crippen LogP contribution in [0.5, 0.6) is 5.75 Å². The minimum Gasteiger partial charge on any atom is -0.493 e. The summed E-state index contributed by atoms with van der Waals surface area (Å²) < 4.78 is 8.99. The highest BCUT2D eigenvalue weighted by Crippen LogP contribution is 2.22. The zero-order valence-electron chi connectivity index (χ0n) is 13.2. The summed E-state index contributed by atoms with van der Waals surface area (Å²) in [5.74, 6) is 2.16. The highest BCUT2D eigenvalue weighted by atomic mass is 32.1. The van der Waals surface area contributed by atoms with E-state index in [1.165, 1.54) is 0 Å². The first kappa shape index (κ1) is 14.6. The molecule has 0 fully saturated rings. The fourth-order valence-electron chi connectivity index (χ4n) is 2.46. The van der Waals surface area contributed by atoms with Crippen molar-refractivity contribution in [2.24, 2.45) is 7.05 Å². The number of pyridine rings is 1. The van der Waals surface area contributed by atoms with Crippen LogP contribution in [0.3, 0.4) is 0 Å². The molecule has 0 saturated heterocycles. The SMILES string of the molecule is COc1cccn2nc(C=Cc3nc(-c4ccsc4)cn3C)nc12. The van der Waals surface area contributed by atoms with Crippen molar-refractivity contribution in [3.05, 3.63) is 53.0 Å². The Morgan fingerprint density at radius 3 is 2.92 bits per heavy atom. The molecule has 0 saturated carbocycles. The summed E-state index contributed by atoms with van der Waals surface area (Å²) in [5, 5.41) is 8.56. The van der Waals surface area contributed by atoms with Gasteiger partial charge in [-0.05, 0) is 35.7 Å². The van der Waals surface area contributed by atoms with Gasteiger partial charge in [-0.1, -0.05) is 0 Å². The van der Waals surface area contributed by atoms with Crippen LogP contribution in [0.25, 0.3) is 29.1 Å². The molecule has 4 rings (SSSR count). The Hall–Kier alpha value is -2.93. The normalized spacial score (nSPS) is 11.6. The summed E-state index contributed by atoms with van der Waals surface area (Å²) >= 11 is 1.66. The third-order valence-corrected chi connectivity index (χ3v) is 4.36. The summed E-state index contributed by atoms with van der Waals surface area (Å²) in [6, 6.07) is 5.81. The van der Waals surface area contributed by atoms with Crippen LogP contribution in [-0.2, 0) is 7.05 Å². The molecular weight excluding hydrogens is 322 g/mol. The third-order valence-electron chi connectivity index (χ3n) is 3.67. The summed E-state index contributed by atoms with van der Waals surface area (Å²) in [6.07, 6.45) is 7.63. The molecule has 0 aromatic carbocycles. The van der Waals surface area contributed by atoms with Gasteiger partial charge in [0.1, 0.15) is 5.82 Å². The van der Waals surface area contributed by atoms with Gasteiger partial charge in [-0.2, -0.15) is 11.3 Å². The third kappa shape index (κ3) is 2.59. The largest absolute Gasteiger partial charge is 0.493 e. The summed E-state index contributed by atoms with van der Waals surface area (Å²) in [6.45, 7) is 0. The lowest BCUT2D eigenvalue weighted by Gasteiger charge is -1.98. The van der Waals surface area contributed by atoms with Crippen molar-refractivity contribution in [2.45, 2.75) is 0 Å². The van der Waals surface area contributed by atoms with E-state index in [2.05, 4.69) is 26.5 Å². The van der Waals surface area contributed by atoms with Gasteiger partial charge in [0.25, 0.3) is 0 Å². The number of nitrogens with zero attached hydrogens (tertiary/aromatic N) is 5. The molecule has 24 heavy (non-hydrogen) atoms. The summed E-state index contributed by atoms with van der Waals surface area (Å²) in [4.78, 5) is 9.14. The smallest absolute Gasteiger partial charge is 0.198 e. The van der Waals surface area contributed by atoms with Crippen molar-refractivity contribution in [2.75, 3.05) is 7.11 Å². The standard InChI is InChI=1S/C17H15N5OS/c1-21-10-13(12-7-9-24-11-12)18-16(21)6-5-15-19-17-14(23-2)4-3-8-22(17)20-15/h3-11H,1-2H3. The second kappa shape index (κ2) is 5.93. The van der Waals surface area contributed by atoms with Crippen molar-refractivity contribution < 1.29 is 4.74 Å². The lowest BCUT2D eigenvalue weighted by Crippen LogP contribution is -1.90. The molecule has 120 valence electrons. The Morgan fingerprint density at radius 2 is 2.12 bits per heavy atom. The van der Waals surface area contributed by atoms with Gasteiger partial charge < -0.3 is 9.30 Å². The number of imidazole rings is 1. The van der Waals surface area contributed by atoms with Gasteiger partial charge in [0.15, 0.2) is 17.2 Å². The number of rotatable bonds is 4. The van der Waals surface area contributed by atoms with Crippen LogP contribution >= 0.6 is 11.3 Å². The number of aromatic nitrogens is 5. The molecule has 4 aromatic heterocycles. The number of hydrogen-bond acceptors (Lipinski definition) is 5. The molecular formula is C17H15N5OS. The quantitative estimate of drug-likeness (QED) is 0.573. The van der Waals surface area contributed by atoms with Crippen LogP contribution in [-0.4, -0.2) is 31.3 Å². The van der Waals surface area contributed by atoms with E-state index in [1.807, 2.05) is 53.7 Å². The van der Waals surface area contributed by atoms with E-state index in [0.717, 1.165) is 17.1 Å². The summed E-state index contributed by atoms with van der Waals surface area (Å²) in [5.41, 5.74) is 2.78. The second-order valence-electron chi connectivity index (χ2n) is 5.26. The van der Waals surface area contributed by atoms with Gasteiger partial charge in [-0.25, -0.2) is 14.5 Å². The van der Waals surface area contributed by atoms with Crippen LogP contribution in [0.4, 0.5) is 0 Å². The average molecular weight is 337 g/mol. The van der Waals surface area contributed by atoms with Gasteiger partial charge in [0.05, 0.1) is 12.8 Å². The fraction of sp³-hybridized carbons (Fsp3) is 0.118. The molecule has 0 aliphatic heterocycles. The maximum Gasteiger partial charge on any atom is 0.198 e. The number of methoxy groups -OCH3 is 1. The molecule has 0 aliphatic carbocycles. The number of aryl methyl sites for hydroxylation is 1. The van der Waals surface area contributed by atoms with Crippen molar-refractivity contribution in [3.8, 4) is 17.0 Å². The van der Waals surface area contributed by atoms with Crippen molar-refractivity contribution in [1.29, 1.82) is 0 Å². The van der Waals surface area contributed by atoms with Crippen LogP contribution in [0.15, 0.2) is 41.4 Å². The van der Waals surface area contributed by atoms with E-state index in [0.29, 0.717) is 17.2 Å². The zero-order chi connectivity index (χ0) is 16.5. The van der Waals surface area contributed by atoms with Gasteiger partial charge >= 0.3 is 0 Å². The van der Waals surface area contributed by atoms with Gasteiger partial charge in [-0.3, -0.25) is 0 Å². The van der Waals surface area contributed by atoms with Crippen molar-refractivity contribution in [3.63, 3.8) is 0 Å². The Bertz CT molecular complexity index is 1010. The first-order chi connectivity index (χ1) is 11.7. The van der Waals surface area contributed by atoms with Crippen molar-refractivity contribution >= 4 is 29.1 Å². The second-order valence-corrected chi connectivity index (χ2v) is 6.04.